The minimum atomic E-state index is 0. The average molecular weight is 301 g/mol. The number of rotatable bonds is 3. The van der Waals surface area contributed by atoms with Gasteiger partial charge < -0.3 is 10.6 Å². The number of carbonyl (C=O) groups excluding carboxylic acids is 1. The van der Waals surface area contributed by atoms with Gasteiger partial charge in [0.2, 0.25) is 0 Å². The van der Waals surface area contributed by atoms with E-state index in [1.54, 1.807) is 11.8 Å². The Morgan fingerprint density at radius 2 is 2.05 bits per heavy atom. The van der Waals surface area contributed by atoms with Crippen LogP contribution in [0.2, 0.25) is 0 Å². The number of nitrogens with one attached hydrogen (secondary N) is 2. The number of carbonyl (C=O) groups is 1. The Morgan fingerprint density at radius 3 is 2.63 bits per heavy atom. The molecule has 2 N–H and O–H groups in total. The van der Waals surface area contributed by atoms with Gasteiger partial charge in [0.15, 0.2) is 0 Å². The molecule has 1 saturated heterocycles. The zero-order valence-corrected chi connectivity index (χ0v) is 12.9. The first-order chi connectivity index (χ1) is 8.70. The van der Waals surface area contributed by atoms with Gasteiger partial charge in [-0.2, -0.15) is 0 Å². The van der Waals surface area contributed by atoms with E-state index in [0.717, 1.165) is 25.1 Å². The third kappa shape index (κ3) is 4.41. The molecule has 0 aliphatic carbocycles. The van der Waals surface area contributed by atoms with Crippen LogP contribution in [0.5, 0.6) is 0 Å². The van der Waals surface area contributed by atoms with E-state index in [1.807, 2.05) is 30.5 Å². The largest absolute Gasteiger partial charge is 0.348 e. The Labute approximate surface area is 125 Å². The zero-order chi connectivity index (χ0) is 13.0. The lowest BCUT2D eigenvalue weighted by Gasteiger charge is -2.30. The van der Waals surface area contributed by atoms with Crippen molar-refractivity contribution in [1.29, 1.82) is 0 Å². The molecule has 0 spiro atoms. The first kappa shape index (κ1) is 16.3. The number of hydrogen-bond acceptors (Lipinski definition) is 3. The minimum absolute atomic E-state index is 0. The third-order valence-electron chi connectivity index (χ3n) is 3.50. The van der Waals surface area contributed by atoms with Gasteiger partial charge in [-0.3, -0.25) is 4.79 Å². The van der Waals surface area contributed by atoms with Crippen molar-refractivity contribution in [2.24, 2.45) is 5.92 Å². The molecule has 0 saturated carbocycles. The number of amides is 1. The van der Waals surface area contributed by atoms with Crippen molar-refractivity contribution < 1.29 is 4.79 Å². The SMILES string of the molecule is CSc1ccc(C(=O)NC2CNCCC2C)cc1.Cl. The quantitative estimate of drug-likeness (QED) is 0.843. The average Bonchev–Trinajstić information content (AvgIpc) is 2.41. The van der Waals surface area contributed by atoms with Crippen LogP contribution in [0.1, 0.15) is 23.7 Å². The van der Waals surface area contributed by atoms with E-state index in [9.17, 15) is 4.79 Å². The van der Waals surface area contributed by atoms with E-state index in [1.165, 1.54) is 4.90 Å². The topological polar surface area (TPSA) is 41.1 Å². The van der Waals surface area contributed by atoms with Gasteiger partial charge in [-0.1, -0.05) is 6.92 Å². The molecule has 2 unspecified atom stereocenters. The van der Waals surface area contributed by atoms with Gasteiger partial charge in [0.1, 0.15) is 0 Å². The summed E-state index contributed by atoms with van der Waals surface area (Å²) in [6, 6.07) is 8.00. The molecule has 19 heavy (non-hydrogen) atoms. The maximum Gasteiger partial charge on any atom is 0.251 e. The summed E-state index contributed by atoms with van der Waals surface area (Å²) in [6.45, 7) is 4.12. The molecule has 0 aromatic heterocycles. The highest BCUT2D eigenvalue weighted by Crippen LogP contribution is 2.16. The molecular weight excluding hydrogens is 280 g/mol. The van der Waals surface area contributed by atoms with Crippen molar-refractivity contribution in [2.75, 3.05) is 19.3 Å². The van der Waals surface area contributed by atoms with Crippen molar-refractivity contribution in [3.05, 3.63) is 29.8 Å². The summed E-state index contributed by atoms with van der Waals surface area (Å²) in [5, 5.41) is 6.44. The summed E-state index contributed by atoms with van der Waals surface area (Å²) in [7, 11) is 0. The maximum absolute atomic E-state index is 12.1. The highest BCUT2D eigenvalue weighted by Gasteiger charge is 2.22. The van der Waals surface area contributed by atoms with Gasteiger partial charge in [0, 0.05) is 23.0 Å². The summed E-state index contributed by atoms with van der Waals surface area (Å²) in [5.74, 6) is 0.573. The van der Waals surface area contributed by atoms with E-state index in [0.29, 0.717) is 5.92 Å². The normalized spacial score (nSPS) is 22.4. The lowest BCUT2D eigenvalue weighted by atomic mass is 9.94. The first-order valence-electron chi connectivity index (χ1n) is 6.36. The molecule has 1 aliphatic heterocycles. The van der Waals surface area contributed by atoms with Crippen LogP contribution in [-0.2, 0) is 0 Å². The first-order valence-corrected chi connectivity index (χ1v) is 7.59. The summed E-state index contributed by atoms with van der Waals surface area (Å²) in [4.78, 5) is 13.3. The fourth-order valence-electron chi connectivity index (χ4n) is 2.18. The molecule has 0 bridgehead atoms. The van der Waals surface area contributed by atoms with Crippen molar-refractivity contribution in [3.63, 3.8) is 0 Å². The summed E-state index contributed by atoms with van der Waals surface area (Å²) in [5.41, 5.74) is 0.741. The maximum atomic E-state index is 12.1. The molecule has 3 nitrogen and oxygen atoms in total. The van der Waals surface area contributed by atoms with Crippen LogP contribution in [0.4, 0.5) is 0 Å². The molecule has 1 aliphatic rings. The molecule has 1 amide bonds. The van der Waals surface area contributed by atoms with Gasteiger partial charge in [0.25, 0.3) is 5.91 Å². The second kappa shape index (κ2) is 7.78. The van der Waals surface area contributed by atoms with Crippen LogP contribution in [0.25, 0.3) is 0 Å². The van der Waals surface area contributed by atoms with Crippen LogP contribution in [-0.4, -0.2) is 31.3 Å². The van der Waals surface area contributed by atoms with E-state index < -0.39 is 0 Å². The van der Waals surface area contributed by atoms with E-state index in [-0.39, 0.29) is 24.4 Å². The molecular formula is C14H21ClN2OS. The Kier molecular flexibility index (Phi) is 6.69. The summed E-state index contributed by atoms with van der Waals surface area (Å²) >= 11 is 1.68. The number of thioether (sulfide) groups is 1. The fourth-order valence-corrected chi connectivity index (χ4v) is 2.59. The molecule has 0 radical (unpaired) electrons. The van der Waals surface area contributed by atoms with Crippen molar-refractivity contribution in [3.8, 4) is 0 Å². The smallest absolute Gasteiger partial charge is 0.251 e. The number of benzene rings is 1. The summed E-state index contributed by atoms with van der Waals surface area (Å²) < 4.78 is 0. The van der Waals surface area contributed by atoms with Crippen LogP contribution in [0.15, 0.2) is 29.2 Å². The zero-order valence-electron chi connectivity index (χ0n) is 11.3. The van der Waals surface area contributed by atoms with Crippen molar-refractivity contribution in [2.45, 2.75) is 24.3 Å². The van der Waals surface area contributed by atoms with Crippen LogP contribution in [0.3, 0.4) is 0 Å². The Hall–Kier alpha value is -0.710. The molecule has 5 heteroatoms. The lowest BCUT2D eigenvalue weighted by molar-refractivity contribution is 0.0915. The highest BCUT2D eigenvalue weighted by molar-refractivity contribution is 7.98. The van der Waals surface area contributed by atoms with Crippen molar-refractivity contribution in [1.82, 2.24) is 10.6 Å². The van der Waals surface area contributed by atoms with Gasteiger partial charge in [-0.15, -0.1) is 24.2 Å². The fraction of sp³-hybridized carbons (Fsp3) is 0.500. The van der Waals surface area contributed by atoms with Gasteiger partial charge in [-0.25, -0.2) is 0 Å². The van der Waals surface area contributed by atoms with Crippen molar-refractivity contribution >= 4 is 30.1 Å². The Morgan fingerprint density at radius 1 is 1.37 bits per heavy atom. The van der Waals surface area contributed by atoms with E-state index in [2.05, 4.69) is 17.6 Å². The van der Waals surface area contributed by atoms with Crippen LogP contribution in [0, 0.1) is 5.92 Å². The minimum Gasteiger partial charge on any atom is -0.348 e. The van der Waals surface area contributed by atoms with Gasteiger partial charge in [0.05, 0.1) is 0 Å². The molecule has 1 aromatic carbocycles. The number of piperidine rings is 1. The van der Waals surface area contributed by atoms with Gasteiger partial charge in [-0.05, 0) is 49.4 Å². The molecule has 2 rings (SSSR count). The second-order valence-electron chi connectivity index (χ2n) is 4.78. The molecule has 2 atom stereocenters. The summed E-state index contributed by atoms with van der Waals surface area (Å²) in [6.07, 6.45) is 3.15. The molecule has 1 heterocycles. The standard InChI is InChI=1S/C14H20N2OS.ClH/c1-10-7-8-15-9-13(10)16-14(17)11-3-5-12(18-2)6-4-11;/h3-6,10,13,15H,7-9H2,1-2H3,(H,16,17);1H. The Bertz CT molecular complexity index is 410. The Balaban J connectivity index is 0.00000180. The predicted molar refractivity (Wildman–Crippen MR) is 83.4 cm³/mol. The third-order valence-corrected chi connectivity index (χ3v) is 4.24. The van der Waals surface area contributed by atoms with E-state index >= 15 is 0 Å². The highest BCUT2D eigenvalue weighted by atomic mass is 35.5. The number of halogens is 1. The van der Waals surface area contributed by atoms with Crippen LogP contribution < -0.4 is 10.6 Å². The van der Waals surface area contributed by atoms with Crippen LogP contribution >= 0.6 is 24.2 Å². The predicted octanol–water partition coefficient (Wildman–Crippen LogP) is 2.56. The van der Waals surface area contributed by atoms with E-state index in [4.69, 9.17) is 0 Å². The molecule has 1 fully saturated rings. The molecule has 1 aromatic rings. The monoisotopic (exact) mass is 300 g/mol. The second-order valence-corrected chi connectivity index (χ2v) is 5.66. The number of hydrogen-bond donors (Lipinski definition) is 2. The lowest BCUT2D eigenvalue weighted by Crippen LogP contribution is -2.50. The molecule has 106 valence electrons. The van der Waals surface area contributed by atoms with Gasteiger partial charge >= 0.3 is 0 Å².